The molecule has 0 saturated carbocycles. The molecule has 0 amide bonds. The van der Waals surface area contributed by atoms with Gasteiger partial charge in [-0.05, 0) is 29.9 Å². The Morgan fingerprint density at radius 3 is 1.87 bits per heavy atom. The van der Waals surface area contributed by atoms with E-state index in [4.69, 9.17) is 0 Å². The van der Waals surface area contributed by atoms with Gasteiger partial charge in [-0.3, -0.25) is 9.59 Å². The third-order valence-electron chi connectivity index (χ3n) is 4.32. The van der Waals surface area contributed by atoms with Crippen LogP contribution in [0.5, 0.6) is 0 Å². The number of rotatable bonds is 7. The van der Waals surface area contributed by atoms with Crippen molar-refractivity contribution in [3.8, 4) is 0 Å². The monoisotopic (exact) mass is 312 g/mol. The van der Waals surface area contributed by atoms with Crippen LogP contribution in [0.4, 0.5) is 0 Å². The average molecular weight is 312 g/mol. The summed E-state index contributed by atoms with van der Waals surface area (Å²) in [7, 11) is 0. The lowest BCUT2D eigenvalue weighted by atomic mass is 9.74. The molecule has 0 radical (unpaired) electrons. The lowest BCUT2D eigenvalue weighted by Crippen LogP contribution is -2.44. The van der Waals surface area contributed by atoms with Crippen LogP contribution in [0.1, 0.15) is 36.8 Å². The van der Waals surface area contributed by atoms with Crippen molar-refractivity contribution >= 4 is 11.9 Å². The molecular weight excluding hydrogens is 292 g/mol. The summed E-state index contributed by atoms with van der Waals surface area (Å²) in [6.07, 6.45) is 0.509. The van der Waals surface area contributed by atoms with E-state index in [-0.39, 0.29) is 12.3 Å². The third-order valence-corrected chi connectivity index (χ3v) is 4.32. The van der Waals surface area contributed by atoms with E-state index in [0.717, 1.165) is 5.56 Å². The van der Waals surface area contributed by atoms with Gasteiger partial charge in [-0.25, -0.2) is 0 Å². The molecule has 1 atom stereocenters. The zero-order valence-electron chi connectivity index (χ0n) is 13.0. The van der Waals surface area contributed by atoms with Crippen LogP contribution in [0.25, 0.3) is 0 Å². The van der Waals surface area contributed by atoms with Crippen LogP contribution < -0.4 is 0 Å². The Bertz CT molecular complexity index is 650. The minimum Gasteiger partial charge on any atom is -0.480 e. The fourth-order valence-corrected chi connectivity index (χ4v) is 2.80. The Hall–Kier alpha value is -2.62. The summed E-state index contributed by atoms with van der Waals surface area (Å²) < 4.78 is 0. The first kappa shape index (κ1) is 16.7. The largest absolute Gasteiger partial charge is 0.480 e. The zero-order valence-corrected chi connectivity index (χ0v) is 13.0. The minimum atomic E-state index is -1.91. The maximum Gasteiger partial charge on any atom is 0.325 e. The van der Waals surface area contributed by atoms with Crippen LogP contribution in [0.3, 0.4) is 0 Å². The van der Waals surface area contributed by atoms with Gasteiger partial charge in [0.2, 0.25) is 0 Å². The second kappa shape index (κ2) is 7.09. The maximum atomic E-state index is 11.8. The molecule has 0 heterocycles. The molecular formula is C19H20O4. The fraction of sp³-hybridized carbons (Fsp3) is 0.263. The minimum absolute atomic E-state index is 0.0394. The Balaban J connectivity index is 2.29. The second-order valence-corrected chi connectivity index (χ2v) is 5.73. The van der Waals surface area contributed by atoms with E-state index in [0.29, 0.717) is 12.0 Å². The van der Waals surface area contributed by atoms with E-state index in [1.807, 2.05) is 37.3 Å². The summed E-state index contributed by atoms with van der Waals surface area (Å²) in [6.45, 7) is 1.98. The highest BCUT2D eigenvalue weighted by Gasteiger charge is 2.48. The topological polar surface area (TPSA) is 74.6 Å². The van der Waals surface area contributed by atoms with Crippen molar-refractivity contribution in [2.75, 3.05) is 0 Å². The molecule has 0 aliphatic rings. The van der Waals surface area contributed by atoms with Gasteiger partial charge < -0.3 is 10.2 Å². The molecule has 0 saturated heterocycles. The van der Waals surface area contributed by atoms with Crippen molar-refractivity contribution < 1.29 is 19.8 Å². The van der Waals surface area contributed by atoms with Crippen LogP contribution in [0.2, 0.25) is 0 Å². The molecule has 1 unspecified atom stereocenters. The molecule has 120 valence electrons. The molecule has 0 aliphatic heterocycles. The Labute approximate surface area is 135 Å². The molecule has 2 aromatic rings. The van der Waals surface area contributed by atoms with Gasteiger partial charge in [0.15, 0.2) is 5.41 Å². The Kier molecular flexibility index (Phi) is 5.16. The number of carbonyl (C=O) groups is 2. The number of hydrogen-bond acceptors (Lipinski definition) is 2. The van der Waals surface area contributed by atoms with E-state index in [2.05, 4.69) is 0 Å². The fourth-order valence-electron chi connectivity index (χ4n) is 2.80. The normalized spacial score (nSPS) is 12.6. The molecule has 0 fully saturated rings. The van der Waals surface area contributed by atoms with Crippen LogP contribution in [0.15, 0.2) is 60.7 Å². The predicted molar refractivity (Wildman–Crippen MR) is 87.5 cm³/mol. The van der Waals surface area contributed by atoms with Gasteiger partial charge in [-0.1, -0.05) is 67.6 Å². The van der Waals surface area contributed by atoms with Crippen molar-refractivity contribution in [1.82, 2.24) is 0 Å². The van der Waals surface area contributed by atoms with Crippen LogP contribution in [-0.4, -0.2) is 22.2 Å². The second-order valence-electron chi connectivity index (χ2n) is 5.73. The molecule has 4 nitrogen and oxygen atoms in total. The first-order chi connectivity index (χ1) is 11.0. The summed E-state index contributed by atoms with van der Waals surface area (Å²) in [5, 5.41) is 19.3. The standard InChI is InChI=1S/C19H20O4/c1-14(15-8-4-2-5-9-15)12-13-19(17(20)21,18(22)23)16-10-6-3-7-11-16/h2-11,14H,12-13H2,1H3,(H,20,21)(H,22,23). The highest BCUT2D eigenvalue weighted by Crippen LogP contribution is 2.34. The van der Waals surface area contributed by atoms with Crippen LogP contribution in [-0.2, 0) is 15.0 Å². The summed E-state index contributed by atoms with van der Waals surface area (Å²) in [6, 6.07) is 17.9. The number of carboxylic acid groups (broad SMARTS) is 2. The Morgan fingerprint density at radius 1 is 0.913 bits per heavy atom. The lowest BCUT2D eigenvalue weighted by molar-refractivity contribution is -0.158. The summed E-state index contributed by atoms with van der Waals surface area (Å²) in [5.74, 6) is -2.56. The summed E-state index contributed by atoms with van der Waals surface area (Å²) in [4.78, 5) is 23.7. The van der Waals surface area contributed by atoms with Crippen LogP contribution in [0, 0.1) is 0 Å². The summed E-state index contributed by atoms with van der Waals surface area (Å²) >= 11 is 0. The van der Waals surface area contributed by atoms with Gasteiger partial charge in [-0.2, -0.15) is 0 Å². The van der Waals surface area contributed by atoms with Crippen LogP contribution >= 0.6 is 0 Å². The molecule has 0 aliphatic carbocycles. The highest BCUT2D eigenvalue weighted by molar-refractivity contribution is 6.04. The van der Waals surface area contributed by atoms with Crippen molar-refractivity contribution in [2.45, 2.75) is 31.1 Å². The van der Waals surface area contributed by atoms with Gasteiger partial charge in [-0.15, -0.1) is 0 Å². The molecule has 2 aromatic carbocycles. The van der Waals surface area contributed by atoms with E-state index < -0.39 is 17.4 Å². The van der Waals surface area contributed by atoms with Crippen molar-refractivity contribution in [1.29, 1.82) is 0 Å². The van der Waals surface area contributed by atoms with Crippen molar-refractivity contribution in [3.63, 3.8) is 0 Å². The average Bonchev–Trinajstić information content (AvgIpc) is 2.56. The van der Waals surface area contributed by atoms with E-state index >= 15 is 0 Å². The third kappa shape index (κ3) is 3.42. The van der Waals surface area contributed by atoms with Gasteiger partial charge in [0, 0.05) is 0 Å². The number of hydrogen-bond donors (Lipinski definition) is 2. The van der Waals surface area contributed by atoms with Crippen molar-refractivity contribution in [3.05, 3.63) is 71.8 Å². The molecule has 0 bridgehead atoms. The maximum absolute atomic E-state index is 11.8. The molecule has 0 spiro atoms. The molecule has 0 aromatic heterocycles. The first-order valence-corrected chi connectivity index (χ1v) is 7.55. The van der Waals surface area contributed by atoms with Gasteiger partial charge in [0.1, 0.15) is 0 Å². The smallest absolute Gasteiger partial charge is 0.325 e. The summed E-state index contributed by atoms with van der Waals surface area (Å²) in [5.41, 5.74) is -0.532. The number of benzene rings is 2. The molecule has 23 heavy (non-hydrogen) atoms. The van der Waals surface area contributed by atoms with E-state index in [9.17, 15) is 19.8 Å². The lowest BCUT2D eigenvalue weighted by Gasteiger charge is -2.27. The Morgan fingerprint density at radius 2 is 1.39 bits per heavy atom. The van der Waals surface area contributed by atoms with E-state index in [1.54, 1.807) is 30.3 Å². The number of carboxylic acids is 2. The molecule has 4 heteroatoms. The van der Waals surface area contributed by atoms with E-state index in [1.165, 1.54) is 0 Å². The van der Waals surface area contributed by atoms with Gasteiger partial charge in [0.25, 0.3) is 0 Å². The van der Waals surface area contributed by atoms with Gasteiger partial charge in [0.05, 0.1) is 0 Å². The first-order valence-electron chi connectivity index (χ1n) is 7.55. The van der Waals surface area contributed by atoms with Gasteiger partial charge >= 0.3 is 11.9 Å². The quantitative estimate of drug-likeness (QED) is 0.765. The zero-order chi connectivity index (χ0) is 16.9. The SMILES string of the molecule is CC(CCC(C(=O)O)(C(=O)O)c1ccccc1)c1ccccc1. The number of aliphatic carboxylic acids is 2. The highest BCUT2D eigenvalue weighted by atomic mass is 16.4. The molecule has 2 N–H and O–H groups in total. The van der Waals surface area contributed by atoms with Crippen molar-refractivity contribution in [2.24, 2.45) is 0 Å². The molecule has 2 rings (SSSR count). The predicted octanol–water partition coefficient (Wildman–Crippen LogP) is 3.68.